The minimum atomic E-state index is -3.70. The molecule has 0 spiro atoms. The molecule has 0 radical (unpaired) electrons. The van der Waals surface area contributed by atoms with Crippen LogP contribution >= 0.6 is 0 Å². The van der Waals surface area contributed by atoms with Gasteiger partial charge >= 0.3 is 0 Å². The fraction of sp³-hybridized carbons (Fsp3) is 0.286. The van der Waals surface area contributed by atoms with Crippen molar-refractivity contribution in [3.63, 3.8) is 0 Å². The smallest absolute Gasteiger partial charge is 0.261 e. The summed E-state index contributed by atoms with van der Waals surface area (Å²) in [5.41, 5.74) is 2.06. The van der Waals surface area contributed by atoms with Crippen molar-refractivity contribution in [3.8, 4) is 0 Å². The number of nitrogens with zero attached hydrogens (tertiary/aromatic N) is 3. The van der Waals surface area contributed by atoms with Gasteiger partial charge in [-0.3, -0.25) is 9.52 Å². The van der Waals surface area contributed by atoms with E-state index in [2.05, 4.69) is 34.0 Å². The number of nitrogens with one attached hydrogen (secondary N) is 2. The summed E-state index contributed by atoms with van der Waals surface area (Å²) in [6.07, 6.45) is 3.82. The minimum Gasteiger partial charge on any atom is -0.324 e. The topological polar surface area (TPSA) is 106 Å². The first-order valence-corrected chi connectivity index (χ1v) is 11.2. The average Bonchev–Trinajstić information content (AvgIpc) is 3.28. The highest BCUT2D eigenvalue weighted by Crippen LogP contribution is 2.23. The molecule has 30 heavy (non-hydrogen) atoms. The van der Waals surface area contributed by atoms with E-state index in [1.165, 1.54) is 17.3 Å². The lowest BCUT2D eigenvalue weighted by Crippen LogP contribution is -2.24. The molecule has 0 aliphatic heterocycles. The summed E-state index contributed by atoms with van der Waals surface area (Å²) >= 11 is 0. The Bertz CT molecular complexity index is 1080. The third-order valence-electron chi connectivity index (χ3n) is 4.99. The van der Waals surface area contributed by atoms with Gasteiger partial charge in [-0.25, -0.2) is 18.1 Å². The number of anilines is 2. The Hall–Kier alpha value is -3.20. The van der Waals surface area contributed by atoms with E-state index in [1.807, 2.05) is 12.1 Å². The van der Waals surface area contributed by atoms with Crippen LogP contribution in [-0.4, -0.2) is 29.1 Å². The molecule has 3 aromatic rings. The van der Waals surface area contributed by atoms with Gasteiger partial charge in [-0.15, -0.1) is 0 Å². The van der Waals surface area contributed by atoms with Crippen molar-refractivity contribution in [2.45, 2.75) is 44.0 Å². The first-order chi connectivity index (χ1) is 14.3. The Kier molecular flexibility index (Phi) is 6.51. The second kappa shape index (κ2) is 9.08. The van der Waals surface area contributed by atoms with E-state index in [0.717, 1.165) is 12.0 Å². The third kappa shape index (κ3) is 5.04. The number of hydrogen-bond donors (Lipinski definition) is 2. The van der Waals surface area contributed by atoms with Crippen molar-refractivity contribution in [2.24, 2.45) is 0 Å². The minimum absolute atomic E-state index is 0.202. The van der Waals surface area contributed by atoms with Crippen molar-refractivity contribution < 1.29 is 13.2 Å². The molecule has 0 bridgehead atoms. The summed E-state index contributed by atoms with van der Waals surface area (Å²) in [6.45, 7) is 5.91. The molecule has 2 N–H and O–H groups in total. The Morgan fingerprint density at radius 3 is 2.23 bits per heavy atom. The number of hydrogen-bond acceptors (Lipinski definition) is 5. The molecular formula is C21H25N5O3S. The van der Waals surface area contributed by atoms with Gasteiger partial charge in [0.1, 0.15) is 18.7 Å². The molecule has 2 aromatic carbocycles. The molecule has 0 aliphatic rings. The van der Waals surface area contributed by atoms with Crippen LogP contribution in [0.15, 0.2) is 66.1 Å². The number of carbonyl (C=O) groups is 1. The standard InChI is InChI=1S/C21H25N5O3S/c1-4-15(2)17-5-11-20(12-6-17)30(28,29)25-19-9-7-18(8-10-19)24-21(27)16(3)26-14-22-13-23-26/h5-16,25H,4H2,1-3H3,(H,24,27)/t15-,16+/m1/s1. The van der Waals surface area contributed by atoms with Crippen molar-refractivity contribution >= 4 is 27.3 Å². The van der Waals surface area contributed by atoms with E-state index < -0.39 is 16.1 Å². The number of rotatable bonds is 8. The SMILES string of the molecule is CC[C@@H](C)c1ccc(S(=O)(=O)Nc2ccc(NC(=O)[C@H](C)n3cncn3)cc2)cc1. The van der Waals surface area contributed by atoms with Gasteiger partial charge in [0.25, 0.3) is 10.0 Å². The van der Waals surface area contributed by atoms with E-state index >= 15 is 0 Å². The van der Waals surface area contributed by atoms with Crippen LogP contribution in [0.25, 0.3) is 0 Å². The van der Waals surface area contributed by atoms with Crippen molar-refractivity contribution in [1.82, 2.24) is 14.8 Å². The summed E-state index contributed by atoms with van der Waals surface area (Å²) in [6, 6.07) is 12.9. The maximum absolute atomic E-state index is 12.6. The maximum Gasteiger partial charge on any atom is 0.261 e. The average molecular weight is 428 g/mol. The monoisotopic (exact) mass is 427 g/mol. The highest BCUT2D eigenvalue weighted by molar-refractivity contribution is 7.92. The number of sulfonamides is 1. The Labute approximate surface area is 176 Å². The van der Waals surface area contributed by atoms with E-state index in [1.54, 1.807) is 43.3 Å². The van der Waals surface area contributed by atoms with Gasteiger partial charge in [0, 0.05) is 11.4 Å². The number of benzene rings is 2. The molecule has 2 atom stereocenters. The Morgan fingerprint density at radius 2 is 1.67 bits per heavy atom. The third-order valence-corrected chi connectivity index (χ3v) is 6.39. The molecule has 1 amide bonds. The fourth-order valence-electron chi connectivity index (χ4n) is 2.83. The van der Waals surface area contributed by atoms with Crippen LogP contribution in [0, 0.1) is 0 Å². The van der Waals surface area contributed by atoms with E-state index in [-0.39, 0.29) is 10.8 Å². The van der Waals surface area contributed by atoms with Crippen LogP contribution in [-0.2, 0) is 14.8 Å². The maximum atomic E-state index is 12.6. The van der Waals surface area contributed by atoms with Crippen LogP contribution in [0.1, 0.15) is 44.7 Å². The van der Waals surface area contributed by atoms with Gasteiger partial charge in [-0.1, -0.05) is 26.0 Å². The molecule has 1 heterocycles. The molecule has 158 valence electrons. The summed E-state index contributed by atoms with van der Waals surface area (Å²) in [5.74, 6) is 0.125. The van der Waals surface area contributed by atoms with Gasteiger partial charge in [-0.05, 0) is 61.2 Å². The zero-order valence-corrected chi connectivity index (χ0v) is 17.9. The molecule has 0 aliphatic carbocycles. The number of carbonyl (C=O) groups excluding carboxylic acids is 1. The molecule has 0 saturated heterocycles. The predicted molar refractivity (Wildman–Crippen MR) is 116 cm³/mol. The summed E-state index contributed by atoms with van der Waals surface area (Å²) < 4.78 is 29.3. The fourth-order valence-corrected chi connectivity index (χ4v) is 3.89. The number of aromatic nitrogens is 3. The Morgan fingerprint density at radius 1 is 1.03 bits per heavy atom. The van der Waals surface area contributed by atoms with E-state index in [4.69, 9.17) is 0 Å². The molecule has 0 saturated carbocycles. The van der Waals surface area contributed by atoms with Crippen molar-refractivity contribution in [2.75, 3.05) is 10.0 Å². The first kappa shape index (κ1) is 21.5. The zero-order chi connectivity index (χ0) is 21.7. The van der Waals surface area contributed by atoms with E-state index in [0.29, 0.717) is 17.3 Å². The summed E-state index contributed by atoms with van der Waals surface area (Å²) in [7, 11) is -3.70. The summed E-state index contributed by atoms with van der Waals surface area (Å²) in [4.78, 5) is 16.3. The van der Waals surface area contributed by atoms with Gasteiger partial charge in [0.05, 0.1) is 4.90 Å². The highest BCUT2D eigenvalue weighted by Gasteiger charge is 2.17. The van der Waals surface area contributed by atoms with Gasteiger partial charge < -0.3 is 5.32 Å². The highest BCUT2D eigenvalue weighted by atomic mass is 32.2. The predicted octanol–water partition coefficient (Wildman–Crippen LogP) is 3.79. The number of amides is 1. The first-order valence-electron chi connectivity index (χ1n) is 9.68. The van der Waals surface area contributed by atoms with Gasteiger partial charge in [0.2, 0.25) is 5.91 Å². The van der Waals surface area contributed by atoms with Crippen LogP contribution in [0.4, 0.5) is 11.4 Å². The van der Waals surface area contributed by atoms with Gasteiger partial charge in [-0.2, -0.15) is 5.10 Å². The second-order valence-corrected chi connectivity index (χ2v) is 8.78. The molecule has 8 nitrogen and oxygen atoms in total. The molecule has 1 aromatic heterocycles. The molecule has 3 rings (SSSR count). The van der Waals surface area contributed by atoms with E-state index in [9.17, 15) is 13.2 Å². The Balaban J connectivity index is 1.65. The summed E-state index contributed by atoms with van der Waals surface area (Å²) in [5, 5.41) is 6.72. The zero-order valence-electron chi connectivity index (χ0n) is 17.1. The molecule has 0 unspecified atom stereocenters. The molecule has 0 fully saturated rings. The largest absolute Gasteiger partial charge is 0.324 e. The lowest BCUT2D eigenvalue weighted by Gasteiger charge is -2.13. The van der Waals surface area contributed by atoms with Crippen LogP contribution in [0.5, 0.6) is 0 Å². The second-order valence-electron chi connectivity index (χ2n) is 7.10. The molecular weight excluding hydrogens is 402 g/mol. The quantitative estimate of drug-likeness (QED) is 0.569. The van der Waals surface area contributed by atoms with Gasteiger partial charge in [0.15, 0.2) is 0 Å². The molecule has 9 heteroatoms. The van der Waals surface area contributed by atoms with Crippen LogP contribution in [0.3, 0.4) is 0 Å². The van der Waals surface area contributed by atoms with Crippen molar-refractivity contribution in [3.05, 3.63) is 66.7 Å². The normalized spacial score (nSPS) is 13.4. The van der Waals surface area contributed by atoms with Crippen LogP contribution in [0.2, 0.25) is 0 Å². The lowest BCUT2D eigenvalue weighted by atomic mass is 9.99. The van der Waals surface area contributed by atoms with Crippen molar-refractivity contribution in [1.29, 1.82) is 0 Å². The van der Waals surface area contributed by atoms with Crippen LogP contribution < -0.4 is 10.0 Å². The lowest BCUT2D eigenvalue weighted by molar-refractivity contribution is -0.119.